The van der Waals surface area contributed by atoms with Gasteiger partial charge in [0.15, 0.2) is 0 Å². The maximum absolute atomic E-state index is 12.8. The molecular formula is C21H26N4O4S. The number of rotatable bonds is 5. The van der Waals surface area contributed by atoms with Gasteiger partial charge in [0.1, 0.15) is 0 Å². The average molecular weight is 431 g/mol. The number of nitrogens with zero attached hydrogens (tertiary/aromatic N) is 3. The highest BCUT2D eigenvalue weighted by Crippen LogP contribution is 2.21. The Labute approximate surface area is 175 Å². The van der Waals surface area contributed by atoms with Crippen molar-refractivity contribution in [1.82, 2.24) is 14.8 Å². The quantitative estimate of drug-likeness (QED) is 0.763. The van der Waals surface area contributed by atoms with Crippen LogP contribution in [-0.2, 0) is 21.4 Å². The molecule has 2 aliphatic heterocycles. The molecule has 1 aromatic heterocycles. The number of carbonyl (C=O) groups is 1. The van der Waals surface area contributed by atoms with E-state index in [1.807, 2.05) is 6.92 Å². The zero-order chi connectivity index (χ0) is 21.3. The Balaban J connectivity index is 1.47. The van der Waals surface area contributed by atoms with Gasteiger partial charge >= 0.3 is 0 Å². The Kier molecular flexibility index (Phi) is 5.75. The van der Waals surface area contributed by atoms with Gasteiger partial charge in [-0.2, -0.15) is 4.31 Å². The number of nitrogens with one attached hydrogen (secondary N) is 1. The van der Waals surface area contributed by atoms with Crippen LogP contribution in [0.4, 0.5) is 0 Å². The summed E-state index contributed by atoms with van der Waals surface area (Å²) in [5.74, 6) is -0.186. The number of piperidine rings is 1. The van der Waals surface area contributed by atoms with Gasteiger partial charge in [-0.1, -0.05) is 23.7 Å². The normalized spacial score (nSPS) is 19.8. The van der Waals surface area contributed by atoms with Crippen molar-refractivity contribution >= 4 is 21.5 Å². The van der Waals surface area contributed by atoms with Crippen molar-refractivity contribution in [2.45, 2.75) is 57.0 Å². The maximum atomic E-state index is 12.8. The molecular weight excluding hydrogens is 404 g/mol. The first-order chi connectivity index (χ1) is 14.4. The number of hydrogen-bond donors (Lipinski definition) is 1. The van der Waals surface area contributed by atoms with Crippen molar-refractivity contribution in [3.63, 3.8) is 0 Å². The molecule has 30 heavy (non-hydrogen) atoms. The van der Waals surface area contributed by atoms with E-state index >= 15 is 0 Å². The summed E-state index contributed by atoms with van der Waals surface area (Å²) in [6.07, 6.45) is 3.41. The summed E-state index contributed by atoms with van der Waals surface area (Å²) in [6.45, 7) is 5.18. The lowest BCUT2D eigenvalue weighted by molar-refractivity contribution is -0.116. The van der Waals surface area contributed by atoms with E-state index in [1.165, 1.54) is 0 Å². The first kappa shape index (κ1) is 20.7. The Bertz CT molecular complexity index is 1160. The summed E-state index contributed by atoms with van der Waals surface area (Å²) < 4.78 is 32.3. The van der Waals surface area contributed by atoms with Gasteiger partial charge in [0.2, 0.25) is 15.9 Å². The van der Waals surface area contributed by atoms with Gasteiger partial charge in [0, 0.05) is 31.6 Å². The zero-order valence-corrected chi connectivity index (χ0v) is 18.0. The van der Waals surface area contributed by atoms with Crippen molar-refractivity contribution in [2.24, 2.45) is 4.99 Å². The summed E-state index contributed by atoms with van der Waals surface area (Å²) in [5.41, 5.74) is 2.51. The molecule has 4 rings (SSSR count). The number of benzene rings is 1. The fourth-order valence-corrected chi connectivity index (χ4v) is 5.48. The summed E-state index contributed by atoms with van der Waals surface area (Å²) in [4.78, 5) is 17.5. The summed E-state index contributed by atoms with van der Waals surface area (Å²) in [6, 6.07) is 6.67. The van der Waals surface area contributed by atoms with E-state index in [0.717, 1.165) is 24.8 Å². The number of fused-ring (bicyclic) bond motifs is 1. The van der Waals surface area contributed by atoms with Crippen LogP contribution in [0.2, 0.25) is 0 Å². The molecule has 0 spiro atoms. The van der Waals surface area contributed by atoms with Crippen LogP contribution in [0.15, 0.2) is 38.7 Å². The summed E-state index contributed by atoms with van der Waals surface area (Å²) >= 11 is 0. The number of aromatic nitrogens is 1. The van der Waals surface area contributed by atoms with E-state index in [-0.39, 0.29) is 11.9 Å². The van der Waals surface area contributed by atoms with E-state index in [2.05, 4.69) is 15.5 Å². The van der Waals surface area contributed by atoms with Gasteiger partial charge in [-0.3, -0.25) is 4.79 Å². The molecule has 1 atom stereocenters. The van der Waals surface area contributed by atoms with Crippen molar-refractivity contribution in [2.75, 3.05) is 13.1 Å². The van der Waals surface area contributed by atoms with E-state index in [9.17, 15) is 13.2 Å². The van der Waals surface area contributed by atoms with Crippen LogP contribution in [0.3, 0.4) is 0 Å². The molecule has 3 heterocycles. The number of sulfonamides is 1. The Morgan fingerprint density at radius 2 is 1.90 bits per heavy atom. The highest BCUT2D eigenvalue weighted by Gasteiger charge is 2.26. The first-order valence-corrected chi connectivity index (χ1v) is 11.7. The van der Waals surface area contributed by atoms with Crippen LogP contribution in [0, 0.1) is 6.92 Å². The van der Waals surface area contributed by atoms with Crippen LogP contribution in [0.1, 0.15) is 43.9 Å². The fourth-order valence-electron chi connectivity index (χ4n) is 3.97. The highest BCUT2D eigenvalue weighted by atomic mass is 32.2. The third-order valence-electron chi connectivity index (χ3n) is 5.59. The van der Waals surface area contributed by atoms with Gasteiger partial charge < -0.3 is 9.84 Å². The minimum Gasteiger partial charge on any atom is -0.348 e. The minimum absolute atomic E-state index is 0.0510. The Morgan fingerprint density at radius 1 is 1.20 bits per heavy atom. The van der Waals surface area contributed by atoms with Crippen LogP contribution < -0.4 is 16.1 Å². The molecule has 1 fully saturated rings. The van der Waals surface area contributed by atoms with Crippen LogP contribution in [0.25, 0.3) is 5.57 Å². The molecule has 0 aliphatic carbocycles. The molecule has 9 heteroatoms. The molecule has 0 saturated carbocycles. The molecule has 0 bridgehead atoms. The number of amides is 1. The van der Waals surface area contributed by atoms with Crippen molar-refractivity contribution in [1.29, 1.82) is 0 Å². The molecule has 1 aromatic carbocycles. The second-order valence-corrected chi connectivity index (χ2v) is 9.84. The zero-order valence-electron chi connectivity index (χ0n) is 17.2. The second kappa shape index (κ2) is 8.31. The van der Waals surface area contributed by atoms with Crippen LogP contribution in [0.5, 0.6) is 0 Å². The molecule has 1 unspecified atom stereocenters. The molecule has 2 aliphatic rings. The lowest BCUT2D eigenvalue weighted by atomic mass is 10.0. The molecule has 0 radical (unpaired) electrons. The van der Waals surface area contributed by atoms with Crippen LogP contribution in [-0.4, -0.2) is 42.9 Å². The number of aryl methyl sites for hydroxylation is 1. The smallest absolute Gasteiger partial charge is 0.254 e. The molecule has 1 amide bonds. The average Bonchev–Trinajstić information content (AvgIpc) is 3.12. The summed E-state index contributed by atoms with van der Waals surface area (Å²) in [7, 11) is -3.45. The largest absolute Gasteiger partial charge is 0.348 e. The van der Waals surface area contributed by atoms with E-state index in [4.69, 9.17) is 4.52 Å². The molecule has 1 N–H and O–H groups in total. The topological polar surface area (TPSA) is 105 Å². The van der Waals surface area contributed by atoms with Gasteiger partial charge in [0.25, 0.3) is 5.55 Å². The van der Waals surface area contributed by atoms with E-state index < -0.39 is 10.0 Å². The monoisotopic (exact) mass is 430 g/mol. The fraction of sp³-hybridized carbons (Fsp3) is 0.476. The third-order valence-corrected chi connectivity index (χ3v) is 7.50. The molecule has 2 aromatic rings. The molecule has 160 valence electrons. The van der Waals surface area contributed by atoms with Gasteiger partial charge in [-0.15, -0.1) is 0 Å². The van der Waals surface area contributed by atoms with Crippen molar-refractivity contribution in [3.05, 3.63) is 46.3 Å². The predicted octanol–water partition coefficient (Wildman–Crippen LogP) is 1.04. The molecule has 8 nitrogen and oxygen atoms in total. The second-order valence-electron chi connectivity index (χ2n) is 7.90. The van der Waals surface area contributed by atoms with Crippen molar-refractivity contribution < 1.29 is 17.7 Å². The van der Waals surface area contributed by atoms with E-state index in [1.54, 1.807) is 35.5 Å². The lowest BCUT2D eigenvalue weighted by Gasteiger charge is -2.25. The maximum Gasteiger partial charge on any atom is 0.254 e. The SMILES string of the molecule is Cc1noc2c1=C(C(=O)NCc1ccc(S(=O)(=O)N3CCCCC3)cc1)CC(C)N=2. The lowest BCUT2D eigenvalue weighted by Crippen LogP contribution is -2.38. The third kappa shape index (κ3) is 4.04. The van der Waals surface area contributed by atoms with Gasteiger partial charge in [-0.25, -0.2) is 13.4 Å². The highest BCUT2D eigenvalue weighted by molar-refractivity contribution is 7.89. The predicted molar refractivity (Wildman–Crippen MR) is 110 cm³/mol. The minimum atomic E-state index is -3.45. The van der Waals surface area contributed by atoms with E-state index in [0.29, 0.717) is 53.0 Å². The van der Waals surface area contributed by atoms with Gasteiger partial charge in [0.05, 0.1) is 21.8 Å². The Morgan fingerprint density at radius 3 is 2.60 bits per heavy atom. The van der Waals surface area contributed by atoms with Crippen LogP contribution >= 0.6 is 0 Å². The van der Waals surface area contributed by atoms with Gasteiger partial charge in [-0.05, 0) is 44.4 Å². The first-order valence-electron chi connectivity index (χ1n) is 10.3. The Hall–Kier alpha value is -2.52. The molecule has 1 saturated heterocycles. The standard InChI is InChI=1S/C21H26N4O4S/c1-14-12-18(19-15(2)24-29-21(19)23-14)20(26)22-13-16-6-8-17(9-7-16)30(27,28)25-10-4-3-5-11-25/h6-9,14H,3-5,10-13H2,1-2H3,(H,22,26). The van der Waals surface area contributed by atoms with Crippen molar-refractivity contribution in [3.8, 4) is 0 Å². The summed E-state index contributed by atoms with van der Waals surface area (Å²) in [5, 5.41) is 7.52. The number of hydrogen-bond acceptors (Lipinski definition) is 6. The number of carbonyl (C=O) groups excluding carboxylic acids is 1.